The molecule has 1 aromatic heterocycles. The van der Waals surface area contributed by atoms with Crippen molar-refractivity contribution in [3.8, 4) is 5.75 Å². The van der Waals surface area contributed by atoms with Crippen LogP contribution in [-0.2, 0) is 6.54 Å². The third-order valence-corrected chi connectivity index (χ3v) is 1.63. The van der Waals surface area contributed by atoms with Gasteiger partial charge in [-0.05, 0) is 5.92 Å². The van der Waals surface area contributed by atoms with Crippen LogP contribution >= 0.6 is 0 Å². The van der Waals surface area contributed by atoms with E-state index in [-0.39, 0.29) is 17.2 Å². The third kappa shape index (κ3) is 2.31. The Morgan fingerprint density at radius 2 is 2.31 bits per heavy atom. The Bertz CT molecular complexity index is 315. The summed E-state index contributed by atoms with van der Waals surface area (Å²) in [5, 5.41) is 13.3. The normalized spacial score (nSPS) is 10.8. The van der Waals surface area contributed by atoms with Crippen molar-refractivity contribution < 1.29 is 9.90 Å². The molecule has 1 rings (SSSR count). The summed E-state index contributed by atoms with van der Waals surface area (Å²) in [4.78, 5) is 10.9. The van der Waals surface area contributed by atoms with E-state index in [4.69, 9.17) is 0 Å². The number of hydrogen-bond donors (Lipinski definition) is 1. The van der Waals surface area contributed by atoms with Gasteiger partial charge in [-0.15, -0.1) is 0 Å². The highest BCUT2D eigenvalue weighted by atomic mass is 16.3. The van der Waals surface area contributed by atoms with E-state index in [9.17, 15) is 9.90 Å². The monoisotopic (exact) mass is 182 g/mol. The average molecular weight is 182 g/mol. The minimum absolute atomic E-state index is 0.0341. The van der Waals surface area contributed by atoms with Gasteiger partial charge in [-0.3, -0.25) is 9.48 Å². The van der Waals surface area contributed by atoms with E-state index in [0.717, 1.165) is 0 Å². The third-order valence-electron chi connectivity index (χ3n) is 1.63. The maximum absolute atomic E-state index is 10.9. The van der Waals surface area contributed by atoms with Crippen LogP contribution in [0.15, 0.2) is 6.20 Å². The summed E-state index contributed by atoms with van der Waals surface area (Å²) >= 11 is 0. The van der Waals surface area contributed by atoms with Crippen LogP contribution in [0, 0.1) is 5.92 Å². The van der Waals surface area contributed by atoms with E-state index in [1.807, 2.05) is 13.8 Å². The fraction of sp³-hybridized carbons (Fsp3) is 0.556. The summed E-state index contributed by atoms with van der Waals surface area (Å²) < 4.78 is 1.59. The van der Waals surface area contributed by atoms with E-state index in [0.29, 0.717) is 12.5 Å². The van der Waals surface area contributed by atoms with Gasteiger partial charge in [0, 0.05) is 13.5 Å². The number of aromatic hydroxyl groups is 1. The molecule has 0 aliphatic heterocycles. The zero-order valence-electron chi connectivity index (χ0n) is 8.11. The van der Waals surface area contributed by atoms with E-state index in [1.54, 1.807) is 4.68 Å². The highest BCUT2D eigenvalue weighted by Gasteiger charge is 2.12. The van der Waals surface area contributed by atoms with Gasteiger partial charge in [0.15, 0.2) is 17.2 Å². The number of carbonyl (C=O) groups is 1. The first kappa shape index (κ1) is 9.77. The Morgan fingerprint density at radius 1 is 1.69 bits per heavy atom. The second-order valence-corrected chi connectivity index (χ2v) is 3.54. The summed E-state index contributed by atoms with van der Waals surface area (Å²) in [6, 6.07) is 0. The molecule has 0 radical (unpaired) electrons. The molecule has 0 aromatic carbocycles. The maximum atomic E-state index is 10.9. The first-order chi connectivity index (χ1) is 6.00. The van der Waals surface area contributed by atoms with Crippen molar-refractivity contribution in [1.29, 1.82) is 0 Å². The topological polar surface area (TPSA) is 55.1 Å². The number of Topliss-reactive ketones (excluding diaryl/α,β-unsaturated/α-hetero) is 1. The summed E-state index contributed by atoms with van der Waals surface area (Å²) in [5.41, 5.74) is 0.153. The van der Waals surface area contributed by atoms with Crippen LogP contribution in [0.2, 0.25) is 0 Å². The summed E-state index contributed by atoms with van der Waals surface area (Å²) in [5.74, 6) is 0.201. The fourth-order valence-electron chi connectivity index (χ4n) is 1.13. The van der Waals surface area contributed by atoms with Crippen molar-refractivity contribution in [3.05, 3.63) is 11.9 Å². The van der Waals surface area contributed by atoms with E-state index < -0.39 is 0 Å². The second kappa shape index (κ2) is 3.60. The average Bonchev–Trinajstić information content (AvgIpc) is 2.29. The van der Waals surface area contributed by atoms with E-state index in [1.165, 1.54) is 13.1 Å². The molecular formula is C9H14N2O2. The quantitative estimate of drug-likeness (QED) is 0.720. The minimum atomic E-state index is -0.208. The molecule has 0 spiro atoms. The standard InChI is InChI=1S/C9H14N2O2/c1-6(2)4-11-5-8(13)9(10-11)7(3)12/h5-6,13H,4H2,1-3H3. The molecule has 0 aliphatic carbocycles. The number of carbonyl (C=O) groups excluding carboxylic acids is 1. The molecule has 0 saturated heterocycles. The zero-order valence-corrected chi connectivity index (χ0v) is 8.11. The predicted molar refractivity (Wildman–Crippen MR) is 48.7 cm³/mol. The SMILES string of the molecule is CC(=O)c1nn(CC(C)C)cc1O. The van der Waals surface area contributed by atoms with Crippen molar-refractivity contribution in [1.82, 2.24) is 9.78 Å². The van der Waals surface area contributed by atoms with Gasteiger partial charge < -0.3 is 5.11 Å². The van der Waals surface area contributed by atoms with Crippen LogP contribution in [0.1, 0.15) is 31.3 Å². The molecule has 0 atom stereocenters. The van der Waals surface area contributed by atoms with Crippen molar-refractivity contribution in [2.75, 3.05) is 0 Å². The number of nitrogens with zero attached hydrogens (tertiary/aromatic N) is 2. The lowest BCUT2D eigenvalue weighted by Gasteiger charge is -2.02. The van der Waals surface area contributed by atoms with Gasteiger partial charge in [0.05, 0.1) is 6.20 Å². The second-order valence-electron chi connectivity index (χ2n) is 3.54. The molecule has 4 heteroatoms. The first-order valence-corrected chi connectivity index (χ1v) is 4.28. The molecule has 72 valence electrons. The molecule has 0 fully saturated rings. The molecule has 0 aliphatic rings. The molecule has 4 nitrogen and oxygen atoms in total. The van der Waals surface area contributed by atoms with E-state index >= 15 is 0 Å². The first-order valence-electron chi connectivity index (χ1n) is 4.28. The van der Waals surface area contributed by atoms with Crippen LogP contribution in [0.4, 0.5) is 0 Å². The number of hydrogen-bond acceptors (Lipinski definition) is 3. The Balaban J connectivity index is 2.89. The molecule has 1 N–H and O–H groups in total. The van der Waals surface area contributed by atoms with Crippen LogP contribution in [0.5, 0.6) is 5.75 Å². The zero-order chi connectivity index (χ0) is 10.0. The van der Waals surface area contributed by atoms with Crippen LogP contribution in [-0.4, -0.2) is 20.7 Å². The molecule has 0 bridgehead atoms. The Hall–Kier alpha value is -1.32. The number of rotatable bonds is 3. The van der Waals surface area contributed by atoms with Crippen molar-refractivity contribution in [2.45, 2.75) is 27.3 Å². The van der Waals surface area contributed by atoms with Gasteiger partial charge in [0.2, 0.25) is 0 Å². The predicted octanol–water partition coefficient (Wildman–Crippen LogP) is 1.45. The summed E-state index contributed by atoms with van der Waals surface area (Å²) in [6.45, 7) is 6.20. The molecule has 0 amide bonds. The smallest absolute Gasteiger partial charge is 0.183 e. The fourth-order valence-corrected chi connectivity index (χ4v) is 1.13. The molecule has 1 heterocycles. The van der Waals surface area contributed by atoms with Gasteiger partial charge in [0.25, 0.3) is 0 Å². The Morgan fingerprint density at radius 3 is 2.69 bits per heavy atom. The molecule has 0 unspecified atom stereocenters. The highest BCUT2D eigenvalue weighted by molar-refractivity contribution is 5.94. The Kier molecular flexibility index (Phi) is 2.70. The van der Waals surface area contributed by atoms with Gasteiger partial charge in [-0.2, -0.15) is 5.10 Å². The van der Waals surface area contributed by atoms with E-state index in [2.05, 4.69) is 5.10 Å². The highest BCUT2D eigenvalue weighted by Crippen LogP contribution is 2.15. The number of ketones is 1. The van der Waals surface area contributed by atoms with Crippen LogP contribution in [0.3, 0.4) is 0 Å². The molecular weight excluding hydrogens is 168 g/mol. The Labute approximate surface area is 77.2 Å². The summed E-state index contributed by atoms with van der Waals surface area (Å²) in [6.07, 6.45) is 1.48. The van der Waals surface area contributed by atoms with Crippen molar-refractivity contribution in [2.24, 2.45) is 5.92 Å². The molecule has 1 aromatic rings. The van der Waals surface area contributed by atoms with Crippen molar-refractivity contribution >= 4 is 5.78 Å². The minimum Gasteiger partial charge on any atom is -0.504 e. The van der Waals surface area contributed by atoms with Crippen molar-refractivity contribution in [3.63, 3.8) is 0 Å². The molecule has 13 heavy (non-hydrogen) atoms. The number of aromatic nitrogens is 2. The van der Waals surface area contributed by atoms with Gasteiger partial charge in [0.1, 0.15) is 0 Å². The van der Waals surface area contributed by atoms with Crippen LogP contribution < -0.4 is 0 Å². The largest absolute Gasteiger partial charge is 0.504 e. The van der Waals surface area contributed by atoms with Gasteiger partial charge >= 0.3 is 0 Å². The lowest BCUT2D eigenvalue weighted by molar-refractivity contribution is 0.100. The van der Waals surface area contributed by atoms with Gasteiger partial charge in [-0.25, -0.2) is 0 Å². The lowest BCUT2D eigenvalue weighted by atomic mass is 10.2. The molecule has 0 saturated carbocycles. The maximum Gasteiger partial charge on any atom is 0.183 e. The lowest BCUT2D eigenvalue weighted by Crippen LogP contribution is -2.06. The van der Waals surface area contributed by atoms with Gasteiger partial charge in [-0.1, -0.05) is 13.8 Å². The van der Waals surface area contributed by atoms with Crippen LogP contribution in [0.25, 0.3) is 0 Å². The summed E-state index contributed by atoms with van der Waals surface area (Å²) in [7, 11) is 0.